The first-order valence-corrected chi connectivity index (χ1v) is 11.9. The molecular weight excluding hydrogens is 485 g/mol. The van der Waals surface area contributed by atoms with Crippen LogP contribution >= 0.6 is 23.2 Å². The van der Waals surface area contributed by atoms with Crippen LogP contribution < -0.4 is 15.6 Å². The molecule has 3 aromatic carbocycles. The molecule has 0 spiro atoms. The minimum atomic E-state index is -0.515. The van der Waals surface area contributed by atoms with E-state index in [1.54, 1.807) is 60.7 Å². The molecule has 0 radical (unpaired) electrons. The van der Waals surface area contributed by atoms with Gasteiger partial charge in [-0.1, -0.05) is 54.8 Å². The number of carbonyl (C=O) groups excluding carboxylic acids is 1. The van der Waals surface area contributed by atoms with Crippen LogP contribution in [0.4, 0.5) is 4.79 Å². The molecule has 35 heavy (non-hydrogen) atoms. The van der Waals surface area contributed by atoms with Crippen molar-refractivity contribution < 1.29 is 9.53 Å². The van der Waals surface area contributed by atoms with E-state index < -0.39 is 6.09 Å². The van der Waals surface area contributed by atoms with Gasteiger partial charge in [0.1, 0.15) is 11.6 Å². The predicted octanol–water partition coefficient (Wildman–Crippen LogP) is 6.75. The summed E-state index contributed by atoms with van der Waals surface area (Å²) < 4.78 is 6.83. The van der Waals surface area contributed by atoms with Crippen LogP contribution in [-0.4, -0.2) is 22.2 Å². The molecule has 178 valence electrons. The second kappa shape index (κ2) is 11.2. The first kappa shape index (κ1) is 24.5. The van der Waals surface area contributed by atoms with E-state index in [-0.39, 0.29) is 5.56 Å². The molecule has 4 aromatic rings. The number of aromatic nitrogens is 2. The summed E-state index contributed by atoms with van der Waals surface area (Å²) in [5.74, 6) is 0.792. The summed E-state index contributed by atoms with van der Waals surface area (Å²) >= 11 is 12.1. The maximum Gasteiger partial charge on any atom is 0.412 e. The van der Waals surface area contributed by atoms with Crippen LogP contribution in [0.5, 0.6) is 5.75 Å². The lowest BCUT2D eigenvalue weighted by Crippen LogP contribution is -2.27. The summed E-state index contributed by atoms with van der Waals surface area (Å²) in [7, 11) is 0. The average molecular weight is 508 g/mol. The van der Waals surface area contributed by atoms with Gasteiger partial charge in [0.05, 0.1) is 16.6 Å². The minimum Gasteiger partial charge on any atom is -0.410 e. The summed E-state index contributed by atoms with van der Waals surface area (Å²) in [6, 6.07) is 19.0. The number of hydrogen-bond acceptors (Lipinski definition) is 4. The summed E-state index contributed by atoms with van der Waals surface area (Å²) in [6.45, 7) is 2.60. The highest BCUT2D eigenvalue weighted by Crippen LogP contribution is 2.21. The van der Waals surface area contributed by atoms with E-state index in [0.717, 1.165) is 18.4 Å². The Hall–Kier alpha value is -3.61. The number of nitrogens with zero attached hydrogens (tertiary/aromatic N) is 2. The Bertz CT molecular complexity index is 1430. The van der Waals surface area contributed by atoms with E-state index in [2.05, 4.69) is 10.3 Å². The van der Waals surface area contributed by atoms with Crippen LogP contribution in [0.3, 0.4) is 0 Å². The first-order valence-electron chi connectivity index (χ1n) is 11.2. The monoisotopic (exact) mass is 507 g/mol. The summed E-state index contributed by atoms with van der Waals surface area (Å²) in [5, 5.41) is 4.27. The lowest BCUT2D eigenvalue weighted by Gasteiger charge is -2.12. The topological polar surface area (TPSA) is 73.2 Å². The van der Waals surface area contributed by atoms with Gasteiger partial charge in [-0.3, -0.25) is 9.36 Å². The molecule has 0 aliphatic heterocycles. The molecule has 0 aliphatic rings. The number of unbranched alkanes of at least 4 members (excludes halogenated alkanes) is 1. The van der Waals surface area contributed by atoms with Gasteiger partial charge in [0.25, 0.3) is 5.56 Å². The van der Waals surface area contributed by atoms with Crippen molar-refractivity contribution in [3.8, 4) is 11.4 Å². The molecule has 0 saturated carbocycles. The zero-order valence-electron chi connectivity index (χ0n) is 19.0. The molecule has 0 saturated heterocycles. The molecule has 8 heteroatoms. The molecular formula is C27H23Cl2N3O3. The van der Waals surface area contributed by atoms with Gasteiger partial charge in [0, 0.05) is 16.6 Å². The second-order valence-corrected chi connectivity index (χ2v) is 8.69. The lowest BCUT2D eigenvalue weighted by molar-refractivity contribution is 0.200. The highest BCUT2D eigenvalue weighted by molar-refractivity contribution is 6.31. The predicted molar refractivity (Wildman–Crippen MR) is 142 cm³/mol. The highest BCUT2D eigenvalue weighted by atomic mass is 35.5. The van der Waals surface area contributed by atoms with Crippen LogP contribution in [0.2, 0.25) is 10.0 Å². The summed E-state index contributed by atoms with van der Waals surface area (Å²) in [6.07, 6.45) is 4.95. The van der Waals surface area contributed by atoms with Gasteiger partial charge in [0.2, 0.25) is 0 Å². The third-order valence-electron chi connectivity index (χ3n) is 5.26. The van der Waals surface area contributed by atoms with Gasteiger partial charge >= 0.3 is 6.09 Å². The average Bonchev–Trinajstić information content (AvgIpc) is 2.84. The van der Waals surface area contributed by atoms with E-state index in [4.69, 9.17) is 27.9 Å². The van der Waals surface area contributed by atoms with E-state index in [1.807, 2.05) is 25.1 Å². The molecule has 0 unspecified atom stereocenters. The lowest BCUT2D eigenvalue weighted by atomic mass is 10.2. The van der Waals surface area contributed by atoms with Crippen LogP contribution in [-0.2, 0) is 0 Å². The molecule has 0 aliphatic carbocycles. The molecule has 0 atom stereocenters. The third-order valence-corrected chi connectivity index (χ3v) is 5.74. The van der Waals surface area contributed by atoms with Crippen molar-refractivity contribution in [3.63, 3.8) is 0 Å². The second-order valence-electron chi connectivity index (χ2n) is 7.82. The summed E-state index contributed by atoms with van der Waals surface area (Å²) in [5.41, 5.74) is 1.74. The molecule has 1 amide bonds. The number of hydrogen-bond donors (Lipinski definition) is 1. The van der Waals surface area contributed by atoms with Crippen molar-refractivity contribution in [3.05, 3.63) is 98.5 Å². The Kier molecular flexibility index (Phi) is 7.85. The number of halogens is 2. The normalized spacial score (nSPS) is 11.2. The fourth-order valence-electron chi connectivity index (χ4n) is 3.46. The van der Waals surface area contributed by atoms with Crippen LogP contribution in [0, 0.1) is 0 Å². The largest absolute Gasteiger partial charge is 0.412 e. The standard InChI is InChI=1S/C27H23Cl2N3O3/c1-2-3-16-30-27(34)35-22-12-10-21(11-13-22)32-25(15-6-18-4-7-19(28)8-5-18)31-24-17-20(29)9-14-23(24)26(32)33/h4-15,17H,2-3,16H2,1H3,(H,30,34)/b15-6+. The quantitative estimate of drug-likeness (QED) is 0.280. The zero-order chi connectivity index (χ0) is 24.8. The van der Waals surface area contributed by atoms with Gasteiger partial charge in [-0.05, 0) is 72.7 Å². The fourth-order valence-corrected chi connectivity index (χ4v) is 3.75. The number of fused-ring (bicyclic) bond motifs is 1. The Morgan fingerprint density at radius 2 is 1.71 bits per heavy atom. The molecule has 6 nitrogen and oxygen atoms in total. The first-order chi connectivity index (χ1) is 16.9. The van der Waals surface area contributed by atoms with Crippen molar-refractivity contribution in [1.29, 1.82) is 0 Å². The van der Waals surface area contributed by atoms with Crippen LogP contribution in [0.25, 0.3) is 28.7 Å². The molecule has 0 fully saturated rings. The number of carbonyl (C=O) groups is 1. The number of ether oxygens (including phenoxy) is 1. The molecule has 1 heterocycles. The Balaban J connectivity index is 1.71. The van der Waals surface area contributed by atoms with Gasteiger partial charge in [0.15, 0.2) is 0 Å². The molecule has 0 bridgehead atoms. The van der Waals surface area contributed by atoms with Crippen LogP contribution in [0.15, 0.2) is 71.5 Å². The van der Waals surface area contributed by atoms with Crippen molar-refractivity contribution in [2.75, 3.05) is 6.54 Å². The van der Waals surface area contributed by atoms with Gasteiger partial charge < -0.3 is 10.1 Å². The Morgan fingerprint density at radius 3 is 2.43 bits per heavy atom. The van der Waals surface area contributed by atoms with Crippen molar-refractivity contribution in [2.45, 2.75) is 19.8 Å². The van der Waals surface area contributed by atoms with Crippen LogP contribution in [0.1, 0.15) is 31.2 Å². The minimum absolute atomic E-state index is 0.242. The van der Waals surface area contributed by atoms with Crippen molar-refractivity contribution in [1.82, 2.24) is 14.9 Å². The van der Waals surface area contributed by atoms with Crippen molar-refractivity contribution in [2.24, 2.45) is 0 Å². The molecule has 1 N–H and O–H groups in total. The maximum absolute atomic E-state index is 13.5. The SMILES string of the molecule is CCCCNC(=O)Oc1ccc(-n2c(/C=C/c3ccc(Cl)cc3)nc3cc(Cl)ccc3c2=O)cc1. The highest BCUT2D eigenvalue weighted by Gasteiger charge is 2.12. The molecule has 1 aromatic heterocycles. The summed E-state index contributed by atoms with van der Waals surface area (Å²) in [4.78, 5) is 30.1. The van der Waals surface area contributed by atoms with Gasteiger partial charge in [-0.25, -0.2) is 9.78 Å². The van der Waals surface area contributed by atoms with E-state index >= 15 is 0 Å². The third kappa shape index (κ3) is 6.10. The Morgan fingerprint density at radius 1 is 1.00 bits per heavy atom. The maximum atomic E-state index is 13.5. The number of rotatable bonds is 7. The van der Waals surface area contributed by atoms with E-state index in [1.165, 1.54) is 4.57 Å². The molecule has 4 rings (SSSR count). The fraction of sp³-hybridized carbons (Fsp3) is 0.148. The van der Waals surface area contributed by atoms with Crippen molar-refractivity contribution >= 4 is 52.4 Å². The number of amides is 1. The number of benzene rings is 3. The zero-order valence-corrected chi connectivity index (χ0v) is 20.5. The number of nitrogens with one attached hydrogen (secondary N) is 1. The van der Waals surface area contributed by atoms with Gasteiger partial charge in [-0.15, -0.1) is 0 Å². The van der Waals surface area contributed by atoms with E-state index in [9.17, 15) is 9.59 Å². The van der Waals surface area contributed by atoms with E-state index in [0.29, 0.717) is 44.8 Å². The Labute approximate surface area is 212 Å². The van der Waals surface area contributed by atoms with Gasteiger partial charge in [-0.2, -0.15) is 0 Å². The smallest absolute Gasteiger partial charge is 0.410 e.